The van der Waals surface area contributed by atoms with E-state index in [0.717, 1.165) is 0 Å². The zero-order valence-electron chi connectivity index (χ0n) is 12.8. The Morgan fingerprint density at radius 1 is 1.32 bits per heavy atom. The molecule has 1 amide bonds. The first-order valence-corrected chi connectivity index (χ1v) is 7.14. The monoisotopic (exact) mass is 305 g/mol. The van der Waals surface area contributed by atoms with Crippen molar-refractivity contribution in [2.45, 2.75) is 32.8 Å². The van der Waals surface area contributed by atoms with Gasteiger partial charge in [-0.2, -0.15) is 0 Å². The van der Waals surface area contributed by atoms with Crippen molar-refractivity contribution in [3.63, 3.8) is 0 Å². The van der Waals surface area contributed by atoms with Crippen molar-refractivity contribution < 1.29 is 24.2 Å². The minimum Gasteiger partial charge on any atom is -0.481 e. The first kappa shape index (κ1) is 16.0. The van der Waals surface area contributed by atoms with Crippen LogP contribution in [0.5, 0.6) is 5.75 Å². The highest BCUT2D eigenvalue weighted by atomic mass is 16.5. The summed E-state index contributed by atoms with van der Waals surface area (Å²) in [6.07, 6.45) is -0.816. The zero-order chi connectivity index (χ0) is 16.4. The van der Waals surface area contributed by atoms with E-state index in [9.17, 15) is 14.4 Å². The van der Waals surface area contributed by atoms with Gasteiger partial charge in [0.25, 0.3) is 5.91 Å². The Kier molecular flexibility index (Phi) is 4.49. The van der Waals surface area contributed by atoms with E-state index in [0.29, 0.717) is 17.0 Å². The van der Waals surface area contributed by atoms with Gasteiger partial charge in [-0.15, -0.1) is 0 Å². The summed E-state index contributed by atoms with van der Waals surface area (Å²) in [6.45, 7) is 3.82. The molecule has 1 aromatic carbocycles. The average Bonchev–Trinajstić information content (AvgIpc) is 2.47. The molecule has 0 bridgehead atoms. The number of carboxylic acid groups (broad SMARTS) is 1. The number of anilines is 1. The van der Waals surface area contributed by atoms with E-state index in [4.69, 9.17) is 9.84 Å². The predicted octanol–water partition coefficient (Wildman–Crippen LogP) is 2.11. The number of carboxylic acids is 1. The van der Waals surface area contributed by atoms with E-state index in [1.54, 1.807) is 25.2 Å². The lowest BCUT2D eigenvalue weighted by Crippen LogP contribution is -2.46. The lowest BCUT2D eigenvalue weighted by molar-refractivity contribution is -0.137. The molecule has 22 heavy (non-hydrogen) atoms. The van der Waals surface area contributed by atoms with Crippen molar-refractivity contribution in [3.05, 3.63) is 23.8 Å². The van der Waals surface area contributed by atoms with E-state index < -0.39 is 12.1 Å². The first-order valence-electron chi connectivity index (χ1n) is 7.14. The van der Waals surface area contributed by atoms with Gasteiger partial charge in [-0.3, -0.25) is 14.4 Å². The van der Waals surface area contributed by atoms with Crippen molar-refractivity contribution in [3.8, 4) is 5.75 Å². The summed E-state index contributed by atoms with van der Waals surface area (Å²) in [4.78, 5) is 36.3. The van der Waals surface area contributed by atoms with E-state index in [-0.39, 0.29) is 30.4 Å². The Morgan fingerprint density at radius 3 is 2.59 bits per heavy atom. The minimum atomic E-state index is -1.01. The van der Waals surface area contributed by atoms with Gasteiger partial charge < -0.3 is 14.7 Å². The molecule has 0 radical (unpaired) electrons. The molecule has 1 unspecified atom stereocenters. The molecule has 0 spiro atoms. The van der Waals surface area contributed by atoms with Gasteiger partial charge in [-0.1, -0.05) is 13.8 Å². The van der Waals surface area contributed by atoms with Crippen LogP contribution in [0.4, 0.5) is 5.69 Å². The maximum atomic E-state index is 12.3. The second kappa shape index (κ2) is 6.17. The van der Waals surface area contributed by atoms with E-state index >= 15 is 0 Å². The Bertz CT molecular complexity index is 623. The highest BCUT2D eigenvalue weighted by Crippen LogP contribution is 2.35. The third-order valence-corrected chi connectivity index (χ3v) is 3.64. The van der Waals surface area contributed by atoms with Gasteiger partial charge in [0, 0.05) is 19.0 Å². The highest BCUT2D eigenvalue weighted by Gasteiger charge is 2.34. The van der Waals surface area contributed by atoms with Crippen molar-refractivity contribution >= 4 is 23.3 Å². The standard InChI is InChI=1S/C16H19NO5/c1-9(2)15-16(21)17(3)11-8-10(4-6-13(11)22-15)12(18)5-7-14(19)20/h4,6,8-9,15H,5,7H2,1-3H3,(H,19,20). The van der Waals surface area contributed by atoms with Crippen LogP contribution in [0.15, 0.2) is 18.2 Å². The largest absolute Gasteiger partial charge is 0.481 e. The number of benzene rings is 1. The quantitative estimate of drug-likeness (QED) is 0.842. The summed E-state index contributed by atoms with van der Waals surface area (Å²) >= 11 is 0. The summed E-state index contributed by atoms with van der Waals surface area (Å²) in [7, 11) is 1.64. The highest BCUT2D eigenvalue weighted by molar-refractivity contribution is 6.03. The van der Waals surface area contributed by atoms with Crippen LogP contribution in [0.3, 0.4) is 0 Å². The molecule has 6 heteroatoms. The maximum absolute atomic E-state index is 12.3. The third-order valence-electron chi connectivity index (χ3n) is 3.64. The van der Waals surface area contributed by atoms with Gasteiger partial charge in [0.05, 0.1) is 12.1 Å². The van der Waals surface area contributed by atoms with Crippen molar-refractivity contribution in [2.75, 3.05) is 11.9 Å². The molecule has 6 nitrogen and oxygen atoms in total. The minimum absolute atomic E-state index is 0.0416. The van der Waals surface area contributed by atoms with Gasteiger partial charge in [-0.25, -0.2) is 0 Å². The summed E-state index contributed by atoms with van der Waals surface area (Å²) in [5.74, 6) is -0.841. The number of rotatable bonds is 5. The summed E-state index contributed by atoms with van der Waals surface area (Å²) in [5, 5.41) is 8.63. The first-order chi connectivity index (χ1) is 10.3. The molecule has 1 aliphatic heterocycles. The van der Waals surface area contributed by atoms with Crippen molar-refractivity contribution in [1.29, 1.82) is 0 Å². The molecule has 0 aliphatic carbocycles. The van der Waals surface area contributed by atoms with Crippen LogP contribution in [-0.2, 0) is 9.59 Å². The maximum Gasteiger partial charge on any atom is 0.303 e. The molecule has 0 saturated heterocycles. The average molecular weight is 305 g/mol. The van der Waals surface area contributed by atoms with Gasteiger partial charge >= 0.3 is 5.97 Å². The van der Waals surface area contributed by atoms with Gasteiger partial charge in [-0.05, 0) is 24.1 Å². The van der Waals surface area contributed by atoms with Crippen molar-refractivity contribution in [1.82, 2.24) is 0 Å². The van der Waals surface area contributed by atoms with Crippen LogP contribution in [0, 0.1) is 5.92 Å². The molecule has 118 valence electrons. The van der Waals surface area contributed by atoms with Crippen LogP contribution in [0.1, 0.15) is 37.0 Å². The molecule has 0 aromatic heterocycles. The second-order valence-electron chi connectivity index (χ2n) is 5.68. The van der Waals surface area contributed by atoms with Crippen LogP contribution in [-0.4, -0.2) is 35.9 Å². The van der Waals surface area contributed by atoms with Gasteiger partial charge in [0.1, 0.15) is 5.75 Å². The number of hydrogen-bond donors (Lipinski definition) is 1. The molecule has 2 rings (SSSR count). The number of nitrogens with zero attached hydrogens (tertiary/aromatic N) is 1. The number of carbonyl (C=O) groups excluding carboxylic acids is 2. The Balaban J connectivity index is 2.27. The smallest absolute Gasteiger partial charge is 0.303 e. The molecular formula is C16H19NO5. The van der Waals surface area contributed by atoms with Crippen LogP contribution in [0.25, 0.3) is 0 Å². The Labute approximate surface area is 128 Å². The number of amides is 1. The SMILES string of the molecule is CC(C)C1Oc2ccc(C(=O)CCC(=O)O)cc2N(C)C1=O. The fourth-order valence-corrected chi connectivity index (χ4v) is 2.34. The molecule has 1 atom stereocenters. The molecule has 0 fully saturated rings. The number of fused-ring (bicyclic) bond motifs is 1. The number of likely N-dealkylation sites (N-methyl/N-ethyl adjacent to an activating group) is 1. The normalized spacial score (nSPS) is 17.2. The summed E-state index contributed by atoms with van der Waals surface area (Å²) < 4.78 is 5.71. The van der Waals surface area contributed by atoms with Crippen LogP contribution < -0.4 is 9.64 Å². The lowest BCUT2D eigenvalue weighted by atomic mass is 10.0. The number of aliphatic carboxylic acids is 1. The molecule has 0 saturated carbocycles. The number of ether oxygens (including phenoxy) is 1. The zero-order valence-corrected chi connectivity index (χ0v) is 12.8. The van der Waals surface area contributed by atoms with Gasteiger partial charge in [0.2, 0.25) is 0 Å². The van der Waals surface area contributed by atoms with E-state index in [1.807, 2.05) is 13.8 Å². The lowest BCUT2D eigenvalue weighted by Gasteiger charge is -2.34. The fourth-order valence-electron chi connectivity index (χ4n) is 2.34. The summed E-state index contributed by atoms with van der Waals surface area (Å²) in [6, 6.07) is 4.83. The summed E-state index contributed by atoms with van der Waals surface area (Å²) in [5.41, 5.74) is 0.911. The molecular weight excluding hydrogens is 286 g/mol. The molecule has 1 aromatic rings. The van der Waals surface area contributed by atoms with Crippen molar-refractivity contribution in [2.24, 2.45) is 5.92 Å². The molecule has 1 aliphatic rings. The predicted molar refractivity (Wildman–Crippen MR) is 80.3 cm³/mol. The topological polar surface area (TPSA) is 83.9 Å². The second-order valence-corrected chi connectivity index (χ2v) is 5.68. The van der Waals surface area contributed by atoms with E-state index in [1.165, 1.54) is 4.90 Å². The number of carbonyl (C=O) groups is 3. The van der Waals surface area contributed by atoms with Gasteiger partial charge in [0.15, 0.2) is 11.9 Å². The Morgan fingerprint density at radius 2 is 2.00 bits per heavy atom. The number of hydrogen-bond acceptors (Lipinski definition) is 4. The van der Waals surface area contributed by atoms with E-state index in [2.05, 4.69) is 0 Å². The number of Topliss-reactive ketones (excluding diaryl/α,β-unsaturated/α-hetero) is 1. The van der Waals surface area contributed by atoms with Crippen LogP contribution in [0.2, 0.25) is 0 Å². The molecule has 1 N–H and O–H groups in total. The van der Waals surface area contributed by atoms with Crippen LogP contribution >= 0.6 is 0 Å². The fraction of sp³-hybridized carbons (Fsp3) is 0.438. The molecule has 1 heterocycles. The Hall–Kier alpha value is -2.37. The third kappa shape index (κ3) is 3.10. The number of ketones is 1.